The molecule has 3 N–H and O–H groups in total. The second kappa shape index (κ2) is 10.7. The molecule has 0 fully saturated rings. The van der Waals surface area contributed by atoms with Gasteiger partial charge in [0.2, 0.25) is 5.91 Å². The SMILES string of the molecule is COCCn1c(N)c(N(Cc2ccccc2)C(=O)Cc2ccc(-n3cccc3)cc2)c(=O)[nH]c1=O. The first-order valence-corrected chi connectivity index (χ1v) is 11.2. The minimum absolute atomic E-state index is 0.0505. The van der Waals surface area contributed by atoms with Gasteiger partial charge in [-0.15, -0.1) is 0 Å². The first-order valence-electron chi connectivity index (χ1n) is 11.2. The van der Waals surface area contributed by atoms with Gasteiger partial charge in [0.15, 0.2) is 5.69 Å². The zero-order chi connectivity index (χ0) is 24.8. The molecule has 35 heavy (non-hydrogen) atoms. The van der Waals surface area contributed by atoms with Crippen molar-refractivity contribution in [2.24, 2.45) is 0 Å². The number of carbonyl (C=O) groups excluding carboxylic acids is 1. The summed E-state index contributed by atoms with van der Waals surface area (Å²) < 4.78 is 8.23. The number of ether oxygens (including phenoxy) is 1. The van der Waals surface area contributed by atoms with E-state index in [0.717, 1.165) is 16.8 Å². The first kappa shape index (κ1) is 23.8. The highest BCUT2D eigenvalue weighted by Gasteiger charge is 2.24. The van der Waals surface area contributed by atoms with Crippen LogP contribution in [0.3, 0.4) is 0 Å². The molecule has 0 aliphatic carbocycles. The number of amides is 1. The summed E-state index contributed by atoms with van der Waals surface area (Å²) in [5.74, 6) is -0.403. The number of rotatable bonds is 9. The minimum Gasteiger partial charge on any atom is -0.383 e. The number of nitrogen functional groups attached to an aromatic ring is 1. The first-order chi connectivity index (χ1) is 17.0. The van der Waals surface area contributed by atoms with Crippen LogP contribution in [0.5, 0.6) is 0 Å². The maximum atomic E-state index is 13.5. The van der Waals surface area contributed by atoms with E-state index in [2.05, 4.69) is 4.98 Å². The third-order valence-electron chi connectivity index (χ3n) is 5.68. The average Bonchev–Trinajstić information content (AvgIpc) is 3.39. The summed E-state index contributed by atoms with van der Waals surface area (Å²) in [4.78, 5) is 42.4. The molecule has 2 aromatic carbocycles. The molecular formula is C26H27N5O4. The predicted molar refractivity (Wildman–Crippen MR) is 135 cm³/mol. The number of H-pyrrole nitrogens is 1. The second-order valence-corrected chi connectivity index (χ2v) is 8.04. The highest BCUT2D eigenvalue weighted by molar-refractivity contribution is 5.96. The lowest BCUT2D eigenvalue weighted by Gasteiger charge is -2.25. The average molecular weight is 474 g/mol. The molecule has 0 radical (unpaired) electrons. The van der Waals surface area contributed by atoms with E-state index in [1.165, 1.54) is 16.6 Å². The van der Waals surface area contributed by atoms with E-state index in [1.54, 1.807) is 0 Å². The summed E-state index contributed by atoms with van der Waals surface area (Å²) in [6.07, 6.45) is 3.93. The summed E-state index contributed by atoms with van der Waals surface area (Å²) in [5, 5.41) is 0. The summed E-state index contributed by atoms with van der Waals surface area (Å²) in [7, 11) is 1.50. The molecule has 0 atom stereocenters. The molecule has 4 aromatic rings. The van der Waals surface area contributed by atoms with Gasteiger partial charge in [-0.3, -0.25) is 24.0 Å². The molecule has 0 unspecified atom stereocenters. The normalized spacial score (nSPS) is 10.9. The monoisotopic (exact) mass is 473 g/mol. The summed E-state index contributed by atoms with van der Waals surface area (Å²) in [6.45, 7) is 0.478. The van der Waals surface area contributed by atoms with Crippen molar-refractivity contribution < 1.29 is 9.53 Å². The Morgan fingerprint density at radius 1 is 0.971 bits per heavy atom. The molecule has 0 aliphatic heterocycles. The van der Waals surface area contributed by atoms with Gasteiger partial charge in [0.1, 0.15) is 5.82 Å². The number of aromatic nitrogens is 3. The Kier molecular flexibility index (Phi) is 7.27. The van der Waals surface area contributed by atoms with E-state index in [1.807, 2.05) is 83.7 Å². The molecule has 2 aromatic heterocycles. The van der Waals surface area contributed by atoms with Crippen LogP contribution in [0, 0.1) is 0 Å². The number of nitrogens with zero attached hydrogens (tertiary/aromatic N) is 3. The van der Waals surface area contributed by atoms with Crippen LogP contribution >= 0.6 is 0 Å². The lowest BCUT2D eigenvalue weighted by Crippen LogP contribution is -2.41. The number of anilines is 2. The lowest BCUT2D eigenvalue weighted by molar-refractivity contribution is -0.118. The molecule has 4 rings (SSSR count). The molecule has 0 saturated heterocycles. The Balaban J connectivity index is 1.69. The quantitative estimate of drug-likeness (QED) is 0.387. The Labute approximate surface area is 202 Å². The van der Waals surface area contributed by atoms with Crippen LogP contribution < -0.4 is 21.9 Å². The van der Waals surface area contributed by atoms with Gasteiger partial charge in [0, 0.05) is 25.2 Å². The summed E-state index contributed by atoms with van der Waals surface area (Å²) >= 11 is 0. The van der Waals surface area contributed by atoms with Gasteiger partial charge < -0.3 is 15.0 Å². The van der Waals surface area contributed by atoms with E-state index in [4.69, 9.17) is 10.5 Å². The predicted octanol–water partition coefficient (Wildman–Crippen LogP) is 2.33. The fourth-order valence-electron chi connectivity index (χ4n) is 3.86. The van der Waals surface area contributed by atoms with Crippen molar-refractivity contribution in [3.8, 4) is 5.69 Å². The molecule has 0 aliphatic rings. The fraction of sp³-hybridized carbons (Fsp3) is 0.192. The van der Waals surface area contributed by atoms with Crippen LogP contribution in [0.1, 0.15) is 11.1 Å². The number of aromatic amines is 1. The molecule has 2 heterocycles. The largest absolute Gasteiger partial charge is 0.383 e. The maximum Gasteiger partial charge on any atom is 0.330 e. The van der Waals surface area contributed by atoms with E-state index < -0.39 is 11.2 Å². The molecule has 9 nitrogen and oxygen atoms in total. The number of hydrogen-bond donors (Lipinski definition) is 2. The Hall–Kier alpha value is -4.37. The standard InChI is InChI=1S/C26H27N5O4/c1-35-16-15-30-24(27)23(25(33)28-26(30)34)31(18-20-7-3-2-4-8-20)22(32)17-19-9-11-21(12-10-19)29-13-5-6-14-29/h2-14H,15-18,27H2,1H3,(H,28,33,34). The zero-order valence-corrected chi connectivity index (χ0v) is 19.4. The van der Waals surface area contributed by atoms with Crippen LogP contribution in [0.25, 0.3) is 5.69 Å². The zero-order valence-electron chi connectivity index (χ0n) is 19.4. The highest BCUT2D eigenvalue weighted by Crippen LogP contribution is 2.21. The molecule has 9 heteroatoms. The van der Waals surface area contributed by atoms with Crippen molar-refractivity contribution >= 4 is 17.4 Å². The third-order valence-corrected chi connectivity index (χ3v) is 5.68. The van der Waals surface area contributed by atoms with Crippen molar-refractivity contribution in [2.45, 2.75) is 19.5 Å². The fourth-order valence-corrected chi connectivity index (χ4v) is 3.86. The van der Waals surface area contributed by atoms with Crippen molar-refractivity contribution in [1.29, 1.82) is 0 Å². The van der Waals surface area contributed by atoms with Gasteiger partial charge in [-0.2, -0.15) is 0 Å². The molecule has 1 amide bonds. The maximum absolute atomic E-state index is 13.5. The van der Waals surface area contributed by atoms with Crippen LogP contribution in [-0.2, 0) is 29.0 Å². The van der Waals surface area contributed by atoms with Gasteiger partial charge in [-0.05, 0) is 35.4 Å². The number of methoxy groups -OCH3 is 1. The topological polar surface area (TPSA) is 115 Å². The van der Waals surface area contributed by atoms with Gasteiger partial charge in [0.05, 0.1) is 26.1 Å². The third kappa shape index (κ3) is 5.42. The molecule has 180 valence electrons. The minimum atomic E-state index is -0.714. The van der Waals surface area contributed by atoms with Crippen molar-refractivity contribution in [1.82, 2.24) is 14.1 Å². The van der Waals surface area contributed by atoms with Crippen LogP contribution in [-0.4, -0.2) is 33.7 Å². The summed E-state index contributed by atoms with van der Waals surface area (Å²) in [5.41, 5.74) is 7.42. The van der Waals surface area contributed by atoms with Crippen molar-refractivity contribution in [2.75, 3.05) is 24.4 Å². The van der Waals surface area contributed by atoms with E-state index in [-0.39, 0.29) is 43.5 Å². The number of nitrogens with two attached hydrogens (primary N) is 1. The van der Waals surface area contributed by atoms with Crippen LogP contribution in [0.2, 0.25) is 0 Å². The smallest absolute Gasteiger partial charge is 0.330 e. The highest BCUT2D eigenvalue weighted by atomic mass is 16.5. The Morgan fingerprint density at radius 3 is 2.31 bits per heavy atom. The van der Waals surface area contributed by atoms with Crippen molar-refractivity contribution in [3.05, 3.63) is 111 Å². The molecule has 0 bridgehead atoms. The molecule has 0 saturated carbocycles. The van der Waals surface area contributed by atoms with Gasteiger partial charge in [-0.25, -0.2) is 4.79 Å². The Morgan fingerprint density at radius 2 is 1.66 bits per heavy atom. The van der Waals surface area contributed by atoms with Crippen LogP contribution in [0.4, 0.5) is 11.5 Å². The lowest BCUT2D eigenvalue weighted by atomic mass is 10.1. The number of nitrogens with one attached hydrogen (secondary N) is 1. The second-order valence-electron chi connectivity index (χ2n) is 8.04. The van der Waals surface area contributed by atoms with Gasteiger partial charge >= 0.3 is 5.69 Å². The van der Waals surface area contributed by atoms with Crippen molar-refractivity contribution in [3.63, 3.8) is 0 Å². The van der Waals surface area contributed by atoms with E-state index in [9.17, 15) is 14.4 Å². The number of benzene rings is 2. The van der Waals surface area contributed by atoms with Gasteiger partial charge in [-0.1, -0.05) is 42.5 Å². The van der Waals surface area contributed by atoms with Gasteiger partial charge in [0.25, 0.3) is 5.56 Å². The Bertz CT molecular complexity index is 1390. The molecular weight excluding hydrogens is 446 g/mol. The van der Waals surface area contributed by atoms with Crippen LogP contribution in [0.15, 0.2) is 88.7 Å². The van der Waals surface area contributed by atoms with E-state index in [0.29, 0.717) is 0 Å². The van der Waals surface area contributed by atoms with E-state index >= 15 is 0 Å². The summed E-state index contributed by atoms with van der Waals surface area (Å²) in [6, 6.07) is 20.8. The molecule has 0 spiro atoms. The number of carbonyl (C=O) groups is 1. The number of hydrogen-bond acceptors (Lipinski definition) is 5.